The van der Waals surface area contributed by atoms with Crippen molar-refractivity contribution in [2.75, 3.05) is 13.1 Å². The van der Waals surface area contributed by atoms with E-state index in [2.05, 4.69) is 0 Å². The molecule has 0 spiro atoms. The van der Waals surface area contributed by atoms with Crippen LogP contribution < -0.4 is 0 Å². The lowest BCUT2D eigenvalue weighted by Gasteiger charge is -2.23. The number of nitrogens with zero attached hydrogens (tertiary/aromatic N) is 1. The van der Waals surface area contributed by atoms with Crippen LogP contribution >= 0.6 is 0 Å². The molecule has 0 aromatic heterocycles. The van der Waals surface area contributed by atoms with Crippen LogP contribution in [-0.4, -0.2) is 23.9 Å². The highest BCUT2D eigenvalue weighted by atomic mass is 19.1. The molecule has 0 aliphatic carbocycles. The van der Waals surface area contributed by atoms with Crippen LogP contribution in [0.2, 0.25) is 0 Å². The van der Waals surface area contributed by atoms with Crippen LogP contribution in [0.4, 0.5) is 8.78 Å². The summed E-state index contributed by atoms with van der Waals surface area (Å²) in [6.07, 6.45) is 0.189. The molecule has 0 bridgehead atoms. The van der Waals surface area contributed by atoms with Gasteiger partial charge in [0.2, 0.25) is 5.91 Å². The Morgan fingerprint density at radius 3 is 1.83 bits per heavy atom. The predicted molar refractivity (Wildman–Crippen MR) is 87.2 cm³/mol. The topological polar surface area (TPSA) is 20.3 Å². The van der Waals surface area contributed by atoms with Crippen LogP contribution in [-0.2, 0) is 4.79 Å². The number of carbonyl (C=O) groups excluding carboxylic acids is 1. The van der Waals surface area contributed by atoms with E-state index in [1.165, 1.54) is 24.3 Å². The zero-order valence-corrected chi connectivity index (χ0v) is 13.4. The van der Waals surface area contributed by atoms with E-state index in [1.807, 2.05) is 13.8 Å². The minimum Gasteiger partial charge on any atom is -0.343 e. The molecule has 0 fully saturated rings. The second-order valence-corrected chi connectivity index (χ2v) is 5.43. The SMILES string of the molecule is CCN(CC)C(=O)CC(c1cccc(F)c1)c1cccc(F)c1. The van der Waals surface area contributed by atoms with Crippen molar-refractivity contribution in [1.82, 2.24) is 4.90 Å². The van der Waals surface area contributed by atoms with E-state index in [1.54, 1.807) is 29.2 Å². The van der Waals surface area contributed by atoms with Gasteiger partial charge in [0.15, 0.2) is 0 Å². The molecule has 0 N–H and O–H groups in total. The number of rotatable bonds is 6. The number of amides is 1. The Morgan fingerprint density at radius 1 is 0.957 bits per heavy atom. The normalized spacial score (nSPS) is 10.8. The molecule has 122 valence electrons. The Labute approximate surface area is 135 Å². The van der Waals surface area contributed by atoms with Crippen molar-refractivity contribution in [3.8, 4) is 0 Å². The van der Waals surface area contributed by atoms with E-state index in [0.29, 0.717) is 24.2 Å². The van der Waals surface area contributed by atoms with Crippen molar-refractivity contribution in [1.29, 1.82) is 0 Å². The van der Waals surface area contributed by atoms with Crippen LogP contribution in [0, 0.1) is 11.6 Å². The fraction of sp³-hybridized carbons (Fsp3) is 0.316. The van der Waals surface area contributed by atoms with E-state index in [4.69, 9.17) is 0 Å². The summed E-state index contributed by atoms with van der Waals surface area (Å²) in [5, 5.41) is 0. The van der Waals surface area contributed by atoms with Crippen LogP contribution in [0.15, 0.2) is 48.5 Å². The molecule has 2 aromatic carbocycles. The van der Waals surface area contributed by atoms with E-state index >= 15 is 0 Å². The van der Waals surface area contributed by atoms with Crippen molar-refractivity contribution in [3.63, 3.8) is 0 Å². The molecule has 0 radical (unpaired) electrons. The molecule has 0 unspecified atom stereocenters. The van der Waals surface area contributed by atoms with Crippen molar-refractivity contribution in [2.45, 2.75) is 26.2 Å². The second-order valence-electron chi connectivity index (χ2n) is 5.43. The van der Waals surface area contributed by atoms with Gasteiger partial charge in [-0.25, -0.2) is 8.78 Å². The summed E-state index contributed by atoms with van der Waals surface area (Å²) in [7, 11) is 0. The van der Waals surface area contributed by atoms with Crippen molar-refractivity contribution < 1.29 is 13.6 Å². The molecule has 0 atom stereocenters. The predicted octanol–water partition coefficient (Wildman–Crippen LogP) is 4.36. The molecule has 0 heterocycles. The van der Waals surface area contributed by atoms with E-state index in [-0.39, 0.29) is 29.9 Å². The molecular formula is C19H21F2NO. The summed E-state index contributed by atoms with van der Waals surface area (Å²) in [6.45, 7) is 5.07. The third-order valence-corrected chi connectivity index (χ3v) is 4.00. The Bertz CT molecular complexity index is 622. The summed E-state index contributed by atoms with van der Waals surface area (Å²) in [6, 6.07) is 12.3. The van der Waals surface area contributed by atoms with Gasteiger partial charge in [-0.15, -0.1) is 0 Å². The zero-order valence-electron chi connectivity index (χ0n) is 13.4. The Kier molecular flexibility index (Phi) is 5.85. The standard InChI is InChI=1S/C19H21F2NO/c1-3-22(4-2)19(23)13-18(14-7-5-9-16(20)11-14)15-8-6-10-17(21)12-15/h5-12,18H,3-4,13H2,1-2H3. The smallest absolute Gasteiger partial charge is 0.223 e. The summed E-state index contributed by atoms with van der Waals surface area (Å²) < 4.78 is 27.2. The van der Waals surface area contributed by atoms with Crippen molar-refractivity contribution >= 4 is 5.91 Å². The van der Waals surface area contributed by atoms with Gasteiger partial charge in [-0.3, -0.25) is 4.79 Å². The quantitative estimate of drug-likeness (QED) is 0.775. The lowest BCUT2D eigenvalue weighted by Crippen LogP contribution is -2.31. The van der Waals surface area contributed by atoms with Crippen molar-refractivity contribution in [2.24, 2.45) is 0 Å². The highest BCUT2D eigenvalue weighted by Crippen LogP contribution is 2.29. The maximum Gasteiger partial charge on any atom is 0.223 e. The number of halogens is 2. The summed E-state index contributed by atoms with van der Waals surface area (Å²) in [4.78, 5) is 14.2. The van der Waals surface area contributed by atoms with Gasteiger partial charge < -0.3 is 4.90 Å². The van der Waals surface area contributed by atoms with Crippen LogP contribution in [0.25, 0.3) is 0 Å². The first-order valence-corrected chi connectivity index (χ1v) is 7.83. The van der Waals surface area contributed by atoms with Crippen LogP contribution in [0.3, 0.4) is 0 Å². The Morgan fingerprint density at radius 2 is 1.43 bits per heavy atom. The first kappa shape index (κ1) is 17.1. The Hall–Kier alpha value is -2.23. The van der Waals surface area contributed by atoms with Gasteiger partial charge in [-0.1, -0.05) is 24.3 Å². The molecule has 2 nitrogen and oxygen atoms in total. The first-order valence-electron chi connectivity index (χ1n) is 7.83. The number of hydrogen-bond donors (Lipinski definition) is 0. The number of hydrogen-bond acceptors (Lipinski definition) is 1. The average molecular weight is 317 g/mol. The van der Waals surface area contributed by atoms with Gasteiger partial charge in [-0.05, 0) is 49.2 Å². The van der Waals surface area contributed by atoms with Gasteiger partial charge in [0.05, 0.1) is 0 Å². The average Bonchev–Trinajstić information content (AvgIpc) is 2.53. The van der Waals surface area contributed by atoms with Crippen LogP contribution in [0.1, 0.15) is 37.3 Å². The molecule has 1 amide bonds. The van der Waals surface area contributed by atoms with Crippen molar-refractivity contribution in [3.05, 3.63) is 71.3 Å². The van der Waals surface area contributed by atoms with Gasteiger partial charge in [0.1, 0.15) is 11.6 Å². The third kappa shape index (κ3) is 4.38. The lowest BCUT2D eigenvalue weighted by molar-refractivity contribution is -0.131. The van der Waals surface area contributed by atoms with Gasteiger partial charge in [0.25, 0.3) is 0 Å². The second kappa shape index (κ2) is 7.86. The molecule has 0 saturated carbocycles. The molecule has 2 rings (SSSR count). The maximum absolute atomic E-state index is 13.6. The summed E-state index contributed by atoms with van der Waals surface area (Å²) in [5.41, 5.74) is 1.35. The molecular weight excluding hydrogens is 296 g/mol. The molecule has 0 aliphatic rings. The van der Waals surface area contributed by atoms with Crippen LogP contribution in [0.5, 0.6) is 0 Å². The largest absolute Gasteiger partial charge is 0.343 e. The fourth-order valence-corrected chi connectivity index (χ4v) is 2.75. The highest BCUT2D eigenvalue weighted by molar-refractivity contribution is 5.77. The molecule has 0 aliphatic heterocycles. The molecule has 23 heavy (non-hydrogen) atoms. The number of carbonyl (C=O) groups is 1. The summed E-state index contributed by atoms with van der Waals surface area (Å²) >= 11 is 0. The first-order chi connectivity index (χ1) is 11.0. The van der Waals surface area contributed by atoms with E-state index in [9.17, 15) is 13.6 Å². The number of benzene rings is 2. The Balaban J connectivity index is 2.37. The molecule has 2 aromatic rings. The maximum atomic E-state index is 13.6. The highest BCUT2D eigenvalue weighted by Gasteiger charge is 2.21. The zero-order chi connectivity index (χ0) is 16.8. The lowest BCUT2D eigenvalue weighted by atomic mass is 9.88. The van der Waals surface area contributed by atoms with Gasteiger partial charge in [0, 0.05) is 25.4 Å². The third-order valence-electron chi connectivity index (χ3n) is 4.00. The molecule has 4 heteroatoms. The fourth-order valence-electron chi connectivity index (χ4n) is 2.75. The van der Waals surface area contributed by atoms with Gasteiger partial charge >= 0.3 is 0 Å². The van der Waals surface area contributed by atoms with E-state index < -0.39 is 0 Å². The minimum atomic E-state index is -0.366. The van der Waals surface area contributed by atoms with Gasteiger partial charge in [-0.2, -0.15) is 0 Å². The summed E-state index contributed by atoms with van der Waals surface area (Å²) in [5.74, 6) is -1.11. The monoisotopic (exact) mass is 317 g/mol. The van der Waals surface area contributed by atoms with E-state index in [0.717, 1.165) is 0 Å². The molecule has 0 saturated heterocycles. The minimum absolute atomic E-state index is 0.0199.